The van der Waals surface area contributed by atoms with E-state index in [-0.39, 0.29) is 4.90 Å². The zero-order valence-electron chi connectivity index (χ0n) is 17.6. The van der Waals surface area contributed by atoms with Gasteiger partial charge in [0.2, 0.25) is 0 Å². The predicted molar refractivity (Wildman–Crippen MR) is 122 cm³/mol. The van der Waals surface area contributed by atoms with Crippen molar-refractivity contribution in [1.29, 1.82) is 0 Å². The van der Waals surface area contributed by atoms with E-state index in [0.29, 0.717) is 11.6 Å². The van der Waals surface area contributed by atoms with E-state index < -0.39 is 10.0 Å². The summed E-state index contributed by atoms with van der Waals surface area (Å²) in [6, 6.07) is 10.5. The van der Waals surface area contributed by atoms with Gasteiger partial charge in [-0.3, -0.25) is 4.68 Å². The van der Waals surface area contributed by atoms with Gasteiger partial charge in [-0.1, -0.05) is 31.2 Å². The Hall–Kier alpha value is -3.19. The number of benzene rings is 1. The number of hydrogen-bond acceptors (Lipinski definition) is 4. The average molecular weight is 433 g/mol. The Bertz CT molecular complexity index is 1400. The maximum absolute atomic E-state index is 13.4. The van der Waals surface area contributed by atoms with Gasteiger partial charge in [0.15, 0.2) is 5.65 Å². The Balaban J connectivity index is 1.75. The Morgan fingerprint density at radius 1 is 1.06 bits per heavy atom. The van der Waals surface area contributed by atoms with Crippen LogP contribution in [0.4, 0.5) is 0 Å². The van der Waals surface area contributed by atoms with E-state index in [9.17, 15) is 8.42 Å². The highest BCUT2D eigenvalue weighted by Crippen LogP contribution is 2.36. The molecule has 0 radical (unpaired) electrons. The van der Waals surface area contributed by atoms with Crippen molar-refractivity contribution in [3.63, 3.8) is 0 Å². The molecule has 0 aliphatic heterocycles. The summed E-state index contributed by atoms with van der Waals surface area (Å²) in [5, 5.41) is 5.09. The van der Waals surface area contributed by atoms with Crippen molar-refractivity contribution >= 4 is 26.6 Å². The highest BCUT2D eigenvalue weighted by Gasteiger charge is 2.24. The summed E-state index contributed by atoms with van der Waals surface area (Å²) < 4.78 is 29.8. The first-order valence-electron chi connectivity index (χ1n) is 10.5. The number of nitrogens with zero attached hydrogens (tertiary/aromatic N) is 4. The first-order valence-corrected chi connectivity index (χ1v) is 11.9. The van der Waals surface area contributed by atoms with E-state index in [0.717, 1.165) is 34.9 Å². The molecule has 1 aliphatic rings. The second-order valence-corrected chi connectivity index (χ2v) is 10.0. The van der Waals surface area contributed by atoms with Crippen LogP contribution in [0.15, 0.2) is 72.2 Å². The van der Waals surface area contributed by atoms with Crippen LogP contribution in [0.3, 0.4) is 0 Å². The highest BCUT2D eigenvalue weighted by molar-refractivity contribution is 7.90. The van der Waals surface area contributed by atoms with Gasteiger partial charge in [0, 0.05) is 42.2 Å². The third kappa shape index (κ3) is 3.49. The summed E-state index contributed by atoms with van der Waals surface area (Å²) in [4.78, 5) is 4.88. The van der Waals surface area contributed by atoms with E-state index >= 15 is 0 Å². The second-order valence-electron chi connectivity index (χ2n) is 8.22. The van der Waals surface area contributed by atoms with Gasteiger partial charge in [-0.2, -0.15) is 5.10 Å². The van der Waals surface area contributed by atoms with Gasteiger partial charge >= 0.3 is 0 Å². The van der Waals surface area contributed by atoms with Crippen molar-refractivity contribution < 1.29 is 8.42 Å². The van der Waals surface area contributed by atoms with Gasteiger partial charge in [0.05, 0.1) is 11.1 Å². The molecule has 1 atom stereocenters. The third-order valence-corrected chi connectivity index (χ3v) is 7.55. The van der Waals surface area contributed by atoms with E-state index in [1.807, 2.05) is 13.2 Å². The number of allylic oxidation sites excluding steroid dienone is 2. The molecule has 3 heterocycles. The molecule has 7 heteroatoms. The Kier molecular flexibility index (Phi) is 4.78. The Morgan fingerprint density at radius 2 is 1.87 bits per heavy atom. The fourth-order valence-electron chi connectivity index (χ4n) is 4.30. The molecular formula is C24H24N4O2S. The fourth-order valence-corrected chi connectivity index (χ4v) is 5.65. The number of aryl methyl sites for hydroxylation is 1. The molecule has 0 N–H and O–H groups in total. The molecule has 3 aromatic heterocycles. The summed E-state index contributed by atoms with van der Waals surface area (Å²) in [6.45, 7) is 2.23. The van der Waals surface area contributed by atoms with Crippen LogP contribution in [-0.4, -0.2) is 27.2 Å². The molecule has 0 saturated carbocycles. The van der Waals surface area contributed by atoms with Gasteiger partial charge in [-0.25, -0.2) is 17.4 Å². The number of pyridine rings is 1. The maximum atomic E-state index is 13.4. The van der Waals surface area contributed by atoms with Crippen molar-refractivity contribution in [1.82, 2.24) is 18.7 Å². The molecule has 31 heavy (non-hydrogen) atoms. The lowest BCUT2D eigenvalue weighted by Crippen LogP contribution is -2.12. The van der Waals surface area contributed by atoms with Crippen molar-refractivity contribution in [3.8, 4) is 11.1 Å². The van der Waals surface area contributed by atoms with E-state index in [1.165, 1.54) is 16.0 Å². The van der Waals surface area contributed by atoms with Gasteiger partial charge in [-0.05, 0) is 54.5 Å². The molecule has 0 amide bonds. The van der Waals surface area contributed by atoms with Crippen LogP contribution in [0.25, 0.3) is 27.7 Å². The normalized spacial score (nSPS) is 17.1. The lowest BCUT2D eigenvalue weighted by atomic mass is 9.88. The maximum Gasteiger partial charge on any atom is 0.269 e. The lowest BCUT2D eigenvalue weighted by Gasteiger charge is -2.18. The summed E-state index contributed by atoms with van der Waals surface area (Å²) in [6.07, 6.45) is 12.8. The molecule has 0 saturated heterocycles. The van der Waals surface area contributed by atoms with Crippen molar-refractivity contribution in [2.45, 2.75) is 31.1 Å². The molecule has 1 unspecified atom stereocenters. The first kappa shape index (κ1) is 19.8. The minimum atomic E-state index is -3.78. The smallest absolute Gasteiger partial charge is 0.269 e. The van der Waals surface area contributed by atoms with Crippen molar-refractivity contribution in [3.05, 3.63) is 72.8 Å². The minimum Gasteiger partial charge on any atom is -0.275 e. The summed E-state index contributed by atoms with van der Waals surface area (Å²) in [5.41, 5.74) is 4.43. The van der Waals surface area contributed by atoms with Crippen LogP contribution in [-0.2, 0) is 17.1 Å². The monoisotopic (exact) mass is 432 g/mol. The van der Waals surface area contributed by atoms with Gasteiger partial charge in [-0.15, -0.1) is 0 Å². The number of aromatic nitrogens is 4. The largest absolute Gasteiger partial charge is 0.275 e. The predicted octanol–water partition coefficient (Wildman–Crippen LogP) is 4.88. The van der Waals surface area contributed by atoms with E-state index in [4.69, 9.17) is 0 Å². The van der Waals surface area contributed by atoms with E-state index in [1.54, 1.807) is 53.6 Å². The lowest BCUT2D eigenvalue weighted by molar-refractivity contribution is 0.589. The molecule has 6 nitrogen and oxygen atoms in total. The summed E-state index contributed by atoms with van der Waals surface area (Å²) in [5.74, 6) is 0.542. The van der Waals surface area contributed by atoms with Crippen LogP contribution in [0.2, 0.25) is 0 Å². The minimum absolute atomic E-state index is 0.235. The zero-order chi connectivity index (χ0) is 21.6. The Morgan fingerprint density at radius 3 is 2.58 bits per heavy atom. The first-order chi connectivity index (χ1) is 14.9. The van der Waals surface area contributed by atoms with Crippen LogP contribution < -0.4 is 0 Å². The van der Waals surface area contributed by atoms with Gasteiger partial charge < -0.3 is 0 Å². The van der Waals surface area contributed by atoms with Crippen LogP contribution >= 0.6 is 0 Å². The molecule has 0 spiro atoms. The SMILES string of the molecule is CC1C=C(c2cnc3c(c2)c(-c2cnn(C)c2)cn3S(=O)(=O)c2ccccc2)CCC1. The molecule has 1 aromatic carbocycles. The van der Waals surface area contributed by atoms with Gasteiger partial charge in [0.1, 0.15) is 0 Å². The average Bonchev–Trinajstić information content (AvgIpc) is 3.37. The summed E-state index contributed by atoms with van der Waals surface area (Å²) in [7, 11) is -1.93. The molecular weight excluding hydrogens is 408 g/mol. The van der Waals surface area contributed by atoms with E-state index in [2.05, 4.69) is 29.1 Å². The second kappa shape index (κ2) is 7.50. The molecule has 4 aromatic rings. The molecule has 158 valence electrons. The fraction of sp³-hybridized carbons (Fsp3) is 0.250. The molecule has 5 rings (SSSR count). The topological polar surface area (TPSA) is 69.8 Å². The van der Waals surface area contributed by atoms with Gasteiger partial charge in [0.25, 0.3) is 10.0 Å². The standard InChI is InChI=1S/C24H24N4O2S/c1-17-7-6-8-18(11-17)19-12-22-23(20-14-26-27(2)15-20)16-28(24(22)25-13-19)31(29,30)21-9-4-3-5-10-21/h3-5,9-17H,6-8H2,1-2H3. The van der Waals surface area contributed by atoms with Crippen molar-refractivity contribution in [2.24, 2.45) is 13.0 Å². The van der Waals surface area contributed by atoms with Crippen LogP contribution in [0, 0.1) is 5.92 Å². The number of hydrogen-bond donors (Lipinski definition) is 0. The number of rotatable bonds is 4. The quantitative estimate of drug-likeness (QED) is 0.461. The zero-order valence-corrected chi connectivity index (χ0v) is 18.4. The van der Waals surface area contributed by atoms with Crippen molar-refractivity contribution in [2.75, 3.05) is 0 Å². The number of fused-ring (bicyclic) bond motifs is 1. The van der Waals surface area contributed by atoms with Crippen LogP contribution in [0.5, 0.6) is 0 Å². The molecule has 1 aliphatic carbocycles. The third-order valence-electron chi connectivity index (χ3n) is 5.89. The highest BCUT2D eigenvalue weighted by atomic mass is 32.2. The molecule has 0 bridgehead atoms. The molecule has 0 fully saturated rings. The Labute approximate surface area is 181 Å². The van der Waals surface area contributed by atoms with Crippen LogP contribution in [0.1, 0.15) is 31.7 Å². The summed E-state index contributed by atoms with van der Waals surface area (Å²) >= 11 is 0.